The van der Waals surface area contributed by atoms with Crippen LogP contribution in [0.3, 0.4) is 0 Å². The van der Waals surface area contributed by atoms with E-state index < -0.39 is 5.97 Å². The van der Waals surface area contributed by atoms with Gasteiger partial charge in [-0.15, -0.1) is 0 Å². The monoisotopic (exact) mass is 247 g/mol. The third-order valence-electron chi connectivity index (χ3n) is 2.59. The number of carboxylic acids is 1. The molecule has 0 atom stereocenters. The minimum Gasteiger partial charge on any atom is -0.477 e. The van der Waals surface area contributed by atoms with Gasteiger partial charge in [-0.1, -0.05) is 6.07 Å². The van der Waals surface area contributed by atoms with Gasteiger partial charge in [0.05, 0.1) is 5.69 Å². The molecule has 0 aromatic carbocycles. The fraction of sp³-hybridized carbons (Fsp3) is 0.250. The summed E-state index contributed by atoms with van der Waals surface area (Å²) >= 11 is 0. The first kappa shape index (κ1) is 12.1. The zero-order chi connectivity index (χ0) is 13.3. The Morgan fingerprint density at radius 1 is 1.39 bits per heavy atom. The van der Waals surface area contributed by atoms with E-state index in [2.05, 4.69) is 10.1 Å². The van der Waals surface area contributed by atoms with Gasteiger partial charge in [0.25, 0.3) is 0 Å². The van der Waals surface area contributed by atoms with Gasteiger partial charge in [0, 0.05) is 13.1 Å². The van der Waals surface area contributed by atoms with E-state index in [4.69, 9.17) is 9.84 Å². The Labute approximate surface area is 104 Å². The van der Waals surface area contributed by atoms with Crippen molar-refractivity contribution < 1.29 is 14.6 Å². The molecule has 1 N–H and O–H groups in total. The van der Waals surface area contributed by atoms with Crippen LogP contribution in [0.25, 0.3) is 0 Å². The normalized spacial score (nSPS) is 10.4. The zero-order valence-electron chi connectivity index (χ0n) is 10.3. The second-order valence-electron chi connectivity index (χ2n) is 3.89. The fourth-order valence-corrected chi connectivity index (χ4v) is 1.60. The molecule has 0 saturated heterocycles. The van der Waals surface area contributed by atoms with Crippen molar-refractivity contribution in [3.8, 4) is 11.6 Å². The molecule has 6 nitrogen and oxygen atoms in total. The SMILES string of the molecule is Cc1nn(C)c(C)c1Oc1cccc(C(=O)O)n1. The van der Waals surface area contributed by atoms with Gasteiger partial charge in [-0.05, 0) is 19.9 Å². The van der Waals surface area contributed by atoms with Gasteiger partial charge in [-0.2, -0.15) is 5.10 Å². The van der Waals surface area contributed by atoms with Crippen LogP contribution >= 0.6 is 0 Å². The number of aryl methyl sites for hydroxylation is 2. The molecule has 6 heteroatoms. The summed E-state index contributed by atoms with van der Waals surface area (Å²) < 4.78 is 7.29. The van der Waals surface area contributed by atoms with Gasteiger partial charge in [0.2, 0.25) is 5.88 Å². The van der Waals surface area contributed by atoms with E-state index in [9.17, 15) is 4.79 Å². The van der Waals surface area contributed by atoms with Gasteiger partial charge < -0.3 is 9.84 Å². The summed E-state index contributed by atoms with van der Waals surface area (Å²) in [7, 11) is 1.82. The van der Waals surface area contributed by atoms with E-state index in [-0.39, 0.29) is 11.6 Å². The van der Waals surface area contributed by atoms with E-state index in [1.807, 2.05) is 20.9 Å². The maximum atomic E-state index is 10.8. The summed E-state index contributed by atoms with van der Waals surface area (Å²) in [5, 5.41) is 13.1. The smallest absolute Gasteiger partial charge is 0.354 e. The number of pyridine rings is 1. The van der Waals surface area contributed by atoms with Gasteiger partial charge >= 0.3 is 5.97 Å². The Kier molecular flexibility index (Phi) is 3.01. The average molecular weight is 247 g/mol. The standard InChI is InChI=1S/C12H13N3O3/c1-7-11(8(2)15(3)14-7)18-10-6-4-5-9(13-10)12(16)17/h4-6H,1-3H3,(H,16,17). The summed E-state index contributed by atoms with van der Waals surface area (Å²) in [6, 6.07) is 4.61. The summed E-state index contributed by atoms with van der Waals surface area (Å²) in [4.78, 5) is 14.7. The topological polar surface area (TPSA) is 77.2 Å². The zero-order valence-corrected chi connectivity index (χ0v) is 10.3. The lowest BCUT2D eigenvalue weighted by Gasteiger charge is -2.05. The first-order valence-corrected chi connectivity index (χ1v) is 5.37. The summed E-state index contributed by atoms with van der Waals surface area (Å²) in [6.45, 7) is 3.69. The molecule has 18 heavy (non-hydrogen) atoms. The van der Waals surface area contributed by atoms with Crippen molar-refractivity contribution in [3.05, 3.63) is 35.3 Å². The summed E-state index contributed by atoms with van der Waals surface area (Å²) in [5.41, 5.74) is 1.54. The van der Waals surface area contributed by atoms with Crippen LogP contribution in [-0.4, -0.2) is 25.8 Å². The Bertz CT molecular complexity index is 605. The van der Waals surface area contributed by atoms with Crippen LogP contribution in [0.4, 0.5) is 0 Å². The maximum absolute atomic E-state index is 10.8. The van der Waals surface area contributed by atoms with Gasteiger partial charge in [-0.3, -0.25) is 4.68 Å². The van der Waals surface area contributed by atoms with Crippen molar-refractivity contribution in [2.24, 2.45) is 7.05 Å². The third-order valence-corrected chi connectivity index (χ3v) is 2.59. The Balaban J connectivity index is 2.34. The molecule has 2 rings (SSSR count). The third kappa shape index (κ3) is 2.17. The number of hydrogen-bond acceptors (Lipinski definition) is 4. The molecule has 0 bridgehead atoms. The number of aromatic nitrogens is 3. The van der Waals surface area contributed by atoms with Crippen LogP contribution in [0.2, 0.25) is 0 Å². The highest BCUT2D eigenvalue weighted by atomic mass is 16.5. The van der Waals surface area contributed by atoms with E-state index in [0.29, 0.717) is 5.75 Å². The lowest BCUT2D eigenvalue weighted by Crippen LogP contribution is -2.01. The van der Waals surface area contributed by atoms with Gasteiger partial charge in [0.15, 0.2) is 11.4 Å². The summed E-state index contributed by atoms with van der Waals surface area (Å²) in [6.07, 6.45) is 0. The molecule has 0 aliphatic rings. The molecular formula is C12H13N3O3. The molecule has 2 aromatic heterocycles. The minimum absolute atomic E-state index is 0.0494. The predicted molar refractivity (Wildman–Crippen MR) is 64.0 cm³/mol. The van der Waals surface area contributed by atoms with Crippen LogP contribution in [0.1, 0.15) is 21.9 Å². The van der Waals surface area contributed by atoms with Crippen molar-refractivity contribution in [1.82, 2.24) is 14.8 Å². The Hall–Kier alpha value is -2.37. The number of carboxylic acid groups (broad SMARTS) is 1. The lowest BCUT2D eigenvalue weighted by molar-refractivity contribution is 0.0689. The summed E-state index contributed by atoms with van der Waals surface area (Å²) in [5.74, 6) is -0.235. The highest BCUT2D eigenvalue weighted by molar-refractivity contribution is 5.85. The number of nitrogens with zero attached hydrogens (tertiary/aromatic N) is 3. The molecule has 0 fully saturated rings. The largest absolute Gasteiger partial charge is 0.477 e. The minimum atomic E-state index is -1.08. The Morgan fingerprint density at radius 3 is 2.67 bits per heavy atom. The molecule has 0 unspecified atom stereocenters. The van der Waals surface area contributed by atoms with E-state index in [0.717, 1.165) is 11.4 Å². The van der Waals surface area contributed by atoms with Crippen LogP contribution < -0.4 is 4.74 Å². The number of aromatic carboxylic acids is 1. The number of carbonyl (C=O) groups is 1. The molecule has 0 saturated carbocycles. The highest BCUT2D eigenvalue weighted by Gasteiger charge is 2.13. The Morgan fingerprint density at radius 2 is 2.11 bits per heavy atom. The van der Waals surface area contributed by atoms with E-state index >= 15 is 0 Å². The van der Waals surface area contributed by atoms with Crippen LogP contribution in [0, 0.1) is 13.8 Å². The van der Waals surface area contributed by atoms with Crippen LogP contribution in [0.5, 0.6) is 11.6 Å². The molecule has 0 spiro atoms. The van der Waals surface area contributed by atoms with Crippen molar-refractivity contribution in [2.45, 2.75) is 13.8 Å². The quantitative estimate of drug-likeness (QED) is 0.896. The predicted octanol–water partition coefficient (Wildman–Crippen LogP) is 1.92. The number of hydrogen-bond donors (Lipinski definition) is 1. The van der Waals surface area contributed by atoms with Gasteiger partial charge in [-0.25, -0.2) is 9.78 Å². The van der Waals surface area contributed by atoms with Crippen molar-refractivity contribution >= 4 is 5.97 Å². The molecule has 94 valence electrons. The molecule has 0 aliphatic heterocycles. The first-order valence-electron chi connectivity index (χ1n) is 5.37. The molecule has 0 radical (unpaired) electrons. The maximum Gasteiger partial charge on any atom is 0.354 e. The van der Waals surface area contributed by atoms with Crippen molar-refractivity contribution in [2.75, 3.05) is 0 Å². The fourth-order valence-electron chi connectivity index (χ4n) is 1.60. The second kappa shape index (κ2) is 4.48. The highest BCUT2D eigenvalue weighted by Crippen LogP contribution is 2.26. The van der Waals surface area contributed by atoms with Crippen LogP contribution in [0.15, 0.2) is 18.2 Å². The van der Waals surface area contributed by atoms with E-state index in [1.165, 1.54) is 6.07 Å². The van der Waals surface area contributed by atoms with Crippen molar-refractivity contribution in [3.63, 3.8) is 0 Å². The first-order chi connectivity index (χ1) is 8.49. The van der Waals surface area contributed by atoms with Crippen LogP contribution in [-0.2, 0) is 7.05 Å². The molecular weight excluding hydrogens is 234 g/mol. The molecule has 2 heterocycles. The molecule has 0 amide bonds. The van der Waals surface area contributed by atoms with E-state index in [1.54, 1.807) is 16.8 Å². The number of ether oxygens (including phenoxy) is 1. The van der Waals surface area contributed by atoms with Crippen molar-refractivity contribution in [1.29, 1.82) is 0 Å². The number of rotatable bonds is 3. The molecule has 2 aromatic rings. The molecule has 0 aliphatic carbocycles. The lowest BCUT2D eigenvalue weighted by atomic mass is 10.3. The van der Waals surface area contributed by atoms with Gasteiger partial charge in [0.1, 0.15) is 5.69 Å². The average Bonchev–Trinajstić information content (AvgIpc) is 2.56. The second-order valence-corrected chi connectivity index (χ2v) is 3.89.